The second-order valence-electron chi connectivity index (χ2n) is 6.79. The van der Waals surface area contributed by atoms with E-state index < -0.39 is 5.25 Å². The van der Waals surface area contributed by atoms with Gasteiger partial charge >= 0.3 is 0 Å². The first-order valence-corrected chi connectivity index (χ1v) is 10.1. The van der Waals surface area contributed by atoms with Crippen LogP contribution >= 0.6 is 11.8 Å². The third-order valence-corrected chi connectivity index (χ3v) is 5.59. The number of aliphatic imine (C=N–C) groups is 1. The molecule has 1 aliphatic rings. The number of benzene rings is 2. The maximum atomic E-state index is 13.1. The van der Waals surface area contributed by atoms with Crippen LogP contribution in [0, 0.1) is 19.7 Å². The first kappa shape index (κ1) is 20.8. The molecule has 1 fully saturated rings. The van der Waals surface area contributed by atoms with Crippen molar-refractivity contribution in [3.05, 3.63) is 72.1 Å². The third kappa shape index (κ3) is 5.12. The van der Waals surface area contributed by atoms with Crippen molar-refractivity contribution in [3.63, 3.8) is 0 Å². The van der Waals surface area contributed by atoms with E-state index in [1.165, 1.54) is 28.8 Å². The maximum Gasteiger partial charge on any atom is 0.242 e. The lowest BCUT2D eigenvalue weighted by Crippen LogP contribution is -2.33. The van der Waals surface area contributed by atoms with Gasteiger partial charge in [0.05, 0.1) is 5.69 Å². The highest BCUT2D eigenvalue weighted by Gasteiger charge is 2.38. The van der Waals surface area contributed by atoms with Gasteiger partial charge in [-0.15, -0.1) is 6.58 Å². The third-order valence-electron chi connectivity index (χ3n) is 4.41. The van der Waals surface area contributed by atoms with Crippen molar-refractivity contribution in [1.82, 2.24) is 4.90 Å². The molecule has 0 aliphatic carbocycles. The van der Waals surface area contributed by atoms with Crippen LogP contribution in [-0.4, -0.2) is 33.7 Å². The fourth-order valence-corrected chi connectivity index (χ4v) is 4.14. The smallest absolute Gasteiger partial charge is 0.242 e. The number of rotatable bonds is 6. The molecule has 2 aromatic carbocycles. The molecule has 1 heterocycles. The van der Waals surface area contributed by atoms with E-state index in [1.807, 2.05) is 32.0 Å². The summed E-state index contributed by atoms with van der Waals surface area (Å²) in [6.45, 7) is 7.89. The lowest BCUT2D eigenvalue weighted by atomic mass is 10.1. The van der Waals surface area contributed by atoms with E-state index >= 15 is 0 Å². The van der Waals surface area contributed by atoms with Gasteiger partial charge in [0.15, 0.2) is 5.17 Å². The molecule has 0 saturated carbocycles. The van der Waals surface area contributed by atoms with Crippen LogP contribution in [0.2, 0.25) is 0 Å². The number of carbonyl (C=O) groups is 2. The molecule has 0 bridgehead atoms. The average Bonchev–Trinajstić information content (AvgIpc) is 2.95. The molecule has 2 amide bonds. The van der Waals surface area contributed by atoms with Crippen LogP contribution in [0.1, 0.15) is 17.5 Å². The Kier molecular flexibility index (Phi) is 6.49. The number of anilines is 1. The second-order valence-corrected chi connectivity index (χ2v) is 7.96. The van der Waals surface area contributed by atoms with Crippen LogP contribution in [0.4, 0.5) is 15.8 Å². The first-order valence-electron chi connectivity index (χ1n) is 9.17. The quantitative estimate of drug-likeness (QED) is 0.708. The Morgan fingerprint density at radius 2 is 2.00 bits per heavy atom. The van der Waals surface area contributed by atoms with E-state index in [-0.39, 0.29) is 24.1 Å². The second kappa shape index (κ2) is 9.05. The van der Waals surface area contributed by atoms with E-state index in [0.717, 1.165) is 16.8 Å². The van der Waals surface area contributed by atoms with E-state index in [9.17, 15) is 14.0 Å². The van der Waals surface area contributed by atoms with Crippen molar-refractivity contribution in [2.75, 3.05) is 11.9 Å². The van der Waals surface area contributed by atoms with Gasteiger partial charge in [0.1, 0.15) is 11.1 Å². The van der Waals surface area contributed by atoms with Crippen molar-refractivity contribution < 1.29 is 14.0 Å². The summed E-state index contributed by atoms with van der Waals surface area (Å²) in [5, 5.41) is 2.79. The van der Waals surface area contributed by atoms with Gasteiger partial charge in [-0.3, -0.25) is 14.5 Å². The van der Waals surface area contributed by atoms with E-state index in [0.29, 0.717) is 17.4 Å². The molecular weight excluding hydrogens is 389 g/mol. The molecule has 150 valence electrons. The minimum atomic E-state index is -0.570. The van der Waals surface area contributed by atoms with Crippen molar-refractivity contribution in [2.45, 2.75) is 25.5 Å². The topological polar surface area (TPSA) is 61.8 Å². The Morgan fingerprint density at radius 1 is 1.28 bits per heavy atom. The van der Waals surface area contributed by atoms with Crippen molar-refractivity contribution in [2.24, 2.45) is 4.99 Å². The Hall–Kier alpha value is -2.93. The molecule has 29 heavy (non-hydrogen) atoms. The number of amides is 2. The van der Waals surface area contributed by atoms with E-state index in [4.69, 9.17) is 0 Å². The predicted octanol–water partition coefficient (Wildman–Crippen LogP) is 4.59. The van der Waals surface area contributed by atoms with Crippen molar-refractivity contribution >= 4 is 40.1 Å². The molecule has 3 rings (SSSR count). The van der Waals surface area contributed by atoms with Crippen LogP contribution < -0.4 is 5.32 Å². The zero-order valence-electron chi connectivity index (χ0n) is 16.3. The van der Waals surface area contributed by atoms with Gasteiger partial charge in [-0.2, -0.15) is 0 Å². The molecule has 7 heteroatoms. The summed E-state index contributed by atoms with van der Waals surface area (Å²) in [4.78, 5) is 31.3. The summed E-state index contributed by atoms with van der Waals surface area (Å²) in [5.41, 5.74) is 3.36. The van der Waals surface area contributed by atoms with Gasteiger partial charge in [0.2, 0.25) is 11.8 Å². The molecule has 0 radical (unpaired) electrons. The maximum absolute atomic E-state index is 13.1. The SMILES string of the molecule is C=CCN1C(=O)[C@@H](CC(=O)Nc2ccc(C)cc2C)SC1=Nc1ccc(F)cc1. The molecule has 2 aromatic rings. The number of nitrogens with one attached hydrogen (secondary N) is 1. The van der Waals surface area contributed by atoms with Gasteiger partial charge < -0.3 is 5.32 Å². The van der Waals surface area contributed by atoms with Gasteiger partial charge in [-0.25, -0.2) is 9.38 Å². The lowest BCUT2D eigenvalue weighted by molar-refractivity contribution is -0.127. The number of thioether (sulfide) groups is 1. The largest absolute Gasteiger partial charge is 0.326 e. The van der Waals surface area contributed by atoms with Crippen LogP contribution in [-0.2, 0) is 9.59 Å². The summed E-state index contributed by atoms with van der Waals surface area (Å²) >= 11 is 1.24. The Bertz CT molecular complexity index is 973. The highest BCUT2D eigenvalue weighted by molar-refractivity contribution is 8.15. The normalized spacial score (nSPS) is 17.6. The molecule has 0 aromatic heterocycles. The van der Waals surface area contributed by atoms with Gasteiger partial charge in [0, 0.05) is 18.7 Å². The zero-order chi connectivity index (χ0) is 21.0. The fourth-order valence-electron chi connectivity index (χ4n) is 2.97. The standard InChI is InChI=1S/C22H22FN3O2S/c1-4-11-26-21(28)19(29-22(26)24-17-8-6-16(23)7-9-17)13-20(27)25-18-10-5-14(2)12-15(18)3/h4-10,12,19H,1,11,13H2,2-3H3,(H,25,27)/t19-/m1/s1. The van der Waals surface area contributed by atoms with E-state index in [2.05, 4.69) is 16.9 Å². The fraction of sp³-hybridized carbons (Fsp3) is 0.227. The Labute approximate surface area is 173 Å². The number of aryl methyl sites for hydroxylation is 2. The van der Waals surface area contributed by atoms with Crippen molar-refractivity contribution in [3.8, 4) is 0 Å². The summed E-state index contributed by atoms with van der Waals surface area (Å²) in [7, 11) is 0. The highest BCUT2D eigenvalue weighted by atomic mass is 32.2. The minimum absolute atomic E-state index is 0.0346. The summed E-state index contributed by atoms with van der Waals surface area (Å²) < 4.78 is 13.1. The zero-order valence-corrected chi connectivity index (χ0v) is 17.1. The lowest BCUT2D eigenvalue weighted by Gasteiger charge is -2.14. The number of hydrogen-bond donors (Lipinski definition) is 1. The monoisotopic (exact) mass is 411 g/mol. The molecule has 5 nitrogen and oxygen atoms in total. The number of amidine groups is 1. The van der Waals surface area contributed by atoms with Crippen LogP contribution in [0.5, 0.6) is 0 Å². The average molecular weight is 412 g/mol. The van der Waals surface area contributed by atoms with Crippen LogP contribution in [0.25, 0.3) is 0 Å². The predicted molar refractivity (Wildman–Crippen MR) is 116 cm³/mol. The van der Waals surface area contributed by atoms with E-state index in [1.54, 1.807) is 18.2 Å². The number of carbonyl (C=O) groups excluding carboxylic acids is 2. The van der Waals surface area contributed by atoms with Gasteiger partial charge in [0.25, 0.3) is 0 Å². The van der Waals surface area contributed by atoms with Crippen LogP contribution in [0.15, 0.2) is 60.1 Å². The molecule has 1 N–H and O–H groups in total. The molecule has 1 atom stereocenters. The number of hydrogen-bond acceptors (Lipinski definition) is 4. The highest BCUT2D eigenvalue weighted by Crippen LogP contribution is 2.32. The summed E-state index contributed by atoms with van der Waals surface area (Å²) in [5.74, 6) is -0.774. The molecular formula is C22H22FN3O2S. The first-order chi connectivity index (χ1) is 13.9. The van der Waals surface area contributed by atoms with Crippen LogP contribution in [0.3, 0.4) is 0 Å². The van der Waals surface area contributed by atoms with Gasteiger partial charge in [-0.1, -0.05) is 35.5 Å². The Balaban J connectivity index is 1.74. The molecule has 1 aliphatic heterocycles. The number of nitrogens with zero attached hydrogens (tertiary/aromatic N) is 2. The molecule has 0 unspecified atom stereocenters. The Morgan fingerprint density at radius 3 is 2.66 bits per heavy atom. The van der Waals surface area contributed by atoms with Crippen molar-refractivity contribution in [1.29, 1.82) is 0 Å². The number of halogens is 1. The summed E-state index contributed by atoms with van der Waals surface area (Å²) in [6, 6.07) is 11.5. The molecule has 1 saturated heterocycles. The minimum Gasteiger partial charge on any atom is -0.326 e. The summed E-state index contributed by atoms with van der Waals surface area (Å²) in [6.07, 6.45) is 1.64. The van der Waals surface area contributed by atoms with Gasteiger partial charge in [-0.05, 0) is 49.7 Å². The molecule has 0 spiro atoms.